The third kappa shape index (κ3) is 3.59. The number of likely N-dealkylation sites (tertiary alicyclic amines) is 1. The number of carbonyl (C=O) groups is 2. The molecule has 0 bridgehead atoms. The lowest BCUT2D eigenvalue weighted by Gasteiger charge is -2.17. The highest BCUT2D eigenvalue weighted by Crippen LogP contribution is 2.59. The summed E-state index contributed by atoms with van der Waals surface area (Å²) < 4.78 is 29.4. The second-order valence-electron chi connectivity index (χ2n) is 9.61. The number of carbonyl (C=O) groups excluding carboxylic acids is 2. The van der Waals surface area contributed by atoms with Crippen LogP contribution in [-0.4, -0.2) is 56.5 Å². The number of hydrogen-bond acceptors (Lipinski definition) is 4. The van der Waals surface area contributed by atoms with Gasteiger partial charge in [0.15, 0.2) is 0 Å². The summed E-state index contributed by atoms with van der Waals surface area (Å²) in [4.78, 5) is 39.6. The maximum atomic E-state index is 13.4. The van der Waals surface area contributed by atoms with E-state index in [9.17, 15) is 28.3 Å². The second-order valence-corrected chi connectivity index (χ2v) is 9.61. The van der Waals surface area contributed by atoms with E-state index in [1.54, 1.807) is 0 Å². The largest absolute Gasteiger partial charge is 0.477 e. The Balaban J connectivity index is 1.48. The molecule has 2 aromatic heterocycles. The zero-order valence-electron chi connectivity index (χ0n) is 18.3. The van der Waals surface area contributed by atoms with Crippen molar-refractivity contribution in [1.82, 2.24) is 19.8 Å². The highest BCUT2D eigenvalue weighted by Gasteiger charge is 2.72. The van der Waals surface area contributed by atoms with Crippen LogP contribution in [-0.2, 0) is 11.3 Å². The molecule has 11 heteroatoms. The van der Waals surface area contributed by atoms with E-state index in [-0.39, 0.29) is 36.5 Å². The summed E-state index contributed by atoms with van der Waals surface area (Å²) in [5.74, 6) is -5.55. The van der Waals surface area contributed by atoms with Crippen LogP contribution in [0.15, 0.2) is 17.1 Å². The number of rotatable bonds is 6. The summed E-state index contributed by atoms with van der Waals surface area (Å²) in [6, 6.07) is 0.0141. The fraction of sp³-hybridized carbons (Fsp3) is 0.545. The Bertz CT molecular complexity index is 1230. The zero-order valence-corrected chi connectivity index (χ0v) is 18.3. The van der Waals surface area contributed by atoms with Gasteiger partial charge in [0.05, 0.1) is 30.1 Å². The molecule has 0 spiro atoms. The quantitative estimate of drug-likeness (QED) is 0.438. The van der Waals surface area contributed by atoms with Crippen molar-refractivity contribution in [3.05, 3.63) is 33.8 Å². The van der Waals surface area contributed by atoms with Gasteiger partial charge >= 0.3 is 17.1 Å². The Morgan fingerprint density at radius 3 is 2.61 bits per heavy atom. The average Bonchev–Trinajstić information content (AvgIpc) is 3.47. The van der Waals surface area contributed by atoms with Crippen molar-refractivity contribution in [2.75, 3.05) is 13.1 Å². The van der Waals surface area contributed by atoms with E-state index in [4.69, 9.17) is 0 Å². The number of hydrogen-bond donors (Lipinski definition) is 3. The van der Waals surface area contributed by atoms with Crippen molar-refractivity contribution < 1.29 is 28.0 Å². The molecule has 0 radical (unpaired) electrons. The molecule has 5 rings (SSSR count). The standard InChI is InChI=1S/C22H25F2N5O4/c1-11(2)8-28-19-12(3-6-16(30)27-9-14-15(10-27)22(14,23)24)7-25-29(19)21(33)17(20(28)32)18(31)26-13-4-5-13/h3,6-7,11,13-15H,4-5,8-10H2,1-2H3,(H2,26,31,32,33)/p+1/b6-3+. The summed E-state index contributed by atoms with van der Waals surface area (Å²) >= 11 is 0. The van der Waals surface area contributed by atoms with Gasteiger partial charge in [0.25, 0.3) is 11.8 Å². The smallest absolute Gasteiger partial charge is 0.378 e. The van der Waals surface area contributed by atoms with Gasteiger partial charge in [-0.1, -0.05) is 18.4 Å². The van der Waals surface area contributed by atoms with Gasteiger partial charge in [0.2, 0.25) is 11.5 Å². The highest BCUT2D eigenvalue weighted by atomic mass is 19.3. The number of aromatic amines is 1. The van der Waals surface area contributed by atoms with Crippen LogP contribution in [0.25, 0.3) is 11.7 Å². The first-order valence-corrected chi connectivity index (χ1v) is 11.1. The minimum Gasteiger partial charge on any atom is -0.477 e. The van der Waals surface area contributed by atoms with E-state index in [0.29, 0.717) is 17.8 Å². The minimum absolute atomic E-state index is 0.0141. The molecule has 9 nitrogen and oxygen atoms in total. The van der Waals surface area contributed by atoms with Gasteiger partial charge in [-0.2, -0.15) is 4.57 Å². The predicted octanol–water partition coefficient (Wildman–Crippen LogP) is 0.906. The number of alkyl halides is 2. The maximum absolute atomic E-state index is 13.4. The molecule has 2 amide bonds. The molecule has 2 unspecified atom stereocenters. The van der Waals surface area contributed by atoms with Crippen LogP contribution in [0.2, 0.25) is 0 Å². The normalized spacial score (nSPS) is 23.5. The molecule has 2 atom stereocenters. The van der Waals surface area contributed by atoms with Gasteiger partial charge in [-0.25, -0.2) is 18.7 Å². The molecule has 1 saturated heterocycles. The SMILES string of the molecule is CC(C)C[n+]1c(O)c(C(=O)NC2CC2)c(=O)n2[nH]cc(/C=C/C(=O)N3CC4C(C3)C4(F)F)c21. The number of amides is 2. The molecule has 3 fully saturated rings. The highest BCUT2D eigenvalue weighted by molar-refractivity contribution is 5.96. The van der Waals surface area contributed by atoms with Crippen LogP contribution in [0.4, 0.5) is 8.78 Å². The predicted molar refractivity (Wildman–Crippen MR) is 113 cm³/mol. The van der Waals surface area contributed by atoms with Crippen molar-refractivity contribution in [3.8, 4) is 5.88 Å². The topological polar surface area (TPSA) is 111 Å². The lowest BCUT2D eigenvalue weighted by Crippen LogP contribution is -2.46. The molecule has 3 N–H and O–H groups in total. The van der Waals surface area contributed by atoms with E-state index < -0.39 is 35.1 Å². The first-order valence-electron chi connectivity index (χ1n) is 11.1. The van der Waals surface area contributed by atoms with E-state index in [2.05, 4.69) is 10.4 Å². The molecule has 0 aromatic carbocycles. The number of piperidine rings is 1. The molecule has 176 valence electrons. The van der Waals surface area contributed by atoms with Crippen molar-refractivity contribution in [2.24, 2.45) is 17.8 Å². The van der Waals surface area contributed by atoms with Crippen LogP contribution in [0.5, 0.6) is 5.88 Å². The first kappa shape index (κ1) is 21.6. The van der Waals surface area contributed by atoms with Gasteiger partial charge < -0.3 is 15.3 Å². The fourth-order valence-electron chi connectivity index (χ4n) is 4.56. The number of halogens is 2. The monoisotopic (exact) mass is 462 g/mol. The second kappa shape index (κ2) is 7.39. The Kier molecular flexibility index (Phi) is 4.84. The van der Waals surface area contributed by atoms with Gasteiger partial charge in [0.1, 0.15) is 0 Å². The summed E-state index contributed by atoms with van der Waals surface area (Å²) in [6.45, 7) is 4.23. The number of fused-ring (bicyclic) bond motifs is 2. The fourth-order valence-corrected chi connectivity index (χ4v) is 4.56. The Labute approximate surface area is 187 Å². The molecule has 2 aliphatic carbocycles. The van der Waals surface area contributed by atoms with Crippen molar-refractivity contribution in [1.29, 1.82) is 0 Å². The van der Waals surface area contributed by atoms with Crippen LogP contribution in [0.1, 0.15) is 42.6 Å². The molecule has 3 aliphatic rings. The minimum atomic E-state index is -2.66. The third-order valence-corrected chi connectivity index (χ3v) is 6.58. The molecule has 1 aliphatic heterocycles. The van der Waals surface area contributed by atoms with Crippen molar-refractivity contribution in [2.45, 2.75) is 45.2 Å². The number of nitrogens with one attached hydrogen (secondary N) is 2. The van der Waals surface area contributed by atoms with Crippen molar-refractivity contribution in [3.63, 3.8) is 0 Å². The average molecular weight is 462 g/mol. The summed E-state index contributed by atoms with van der Waals surface area (Å²) in [7, 11) is 0. The lowest BCUT2D eigenvalue weighted by molar-refractivity contribution is -0.686. The van der Waals surface area contributed by atoms with Gasteiger partial charge in [0, 0.05) is 25.2 Å². The van der Waals surface area contributed by atoms with Crippen molar-refractivity contribution >= 4 is 23.5 Å². The lowest BCUT2D eigenvalue weighted by atomic mass is 10.2. The van der Waals surface area contributed by atoms with Gasteiger partial charge in [-0.15, -0.1) is 0 Å². The molecule has 33 heavy (non-hydrogen) atoms. The summed E-state index contributed by atoms with van der Waals surface area (Å²) in [5.41, 5.74) is -0.298. The number of aromatic nitrogens is 3. The third-order valence-electron chi connectivity index (χ3n) is 6.58. The number of aromatic hydroxyl groups is 1. The zero-order chi connectivity index (χ0) is 23.7. The Morgan fingerprint density at radius 2 is 2.00 bits per heavy atom. The Hall–Kier alpha value is -3.24. The molecular weight excluding hydrogens is 436 g/mol. The molecular formula is C22H26F2N5O4+. The molecule has 2 aromatic rings. The number of H-pyrrole nitrogens is 1. The maximum Gasteiger partial charge on any atom is 0.378 e. The van der Waals surface area contributed by atoms with Crippen LogP contribution < -0.4 is 15.4 Å². The van der Waals surface area contributed by atoms with E-state index in [1.165, 1.54) is 32.3 Å². The van der Waals surface area contributed by atoms with E-state index in [1.807, 2.05) is 13.8 Å². The number of nitrogens with zero attached hydrogens (tertiary/aromatic N) is 3. The molecule has 2 saturated carbocycles. The molecule has 3 heterocycles. The van der Waals surface area contributed by atoms with E-state index >= 15 is 0 Å². The Morgan fingerprint density at radius 1 is 1.33 bits per heavy atom. The van der Waals surface area contributed by atoms with Crippen LogP contribution >= 0.6 is 0 Å². The van der Waals surface area contributed by atoms with Gasteiger partial charge in [-0.3, -0.25) is 9.59 Å². The van der Waals surface area contributed by atoms with Crippen LogP contribution in [0.3, 0.4) is 0 Å². The first-order chi connectivity index (χ1) is 15.6. The van der Waals surface area contributed by atoms with Gasteiger partial charge in [-0.05, 0) is 24.8 Å². The summed E-state index contributed by atoms with van der Waals surface area (Å²) in [5, 5.41) is 16.4. The van der Waals surface area contributed by atoms with Crippen LogP contribution in [0, 0.1) is 17.8 Å². The summed E-state index contributed by atoms with van der Waals surface area (Å²) in [6.07, 6.45) is 5.93. The van der Waals surface area contributed by atoms with E-state index in [0.717, 1.165) is 12.8 Å².